The molecule has 1 spiro atoms. The maximum atomic E-state index is 13.0. The third-order valence-electron chi connectivity index (χ3n) is 5.49. The van der Waals surface area contributed by atoms with Gasteiger partial charge >= 0.3 is 0 Å². The van der Waals surface area contributed by atoms with Gasteiger partial charge in [0.2, 0.25) is 0 Å². The number of pyridine rings is 1. The lowest BCUT2D eigenvalue weighted by atomic mass is 9.90. The largest absolute Gasteiger partial charge is 0.347 e. The van der Waals surface area contributed by atoms with E-state index in [-0.39, 0.29) is 11.8 Å². The van der Waals surface area contributed by atoms with Crippen molar-refractivity contribution in [2.45, 2.75) is 36.9 Å². The van der Waals surface area contributed by atoms with E-state index >= 15 is 0 Å². The van der Waals surface area contributed by atoms with Crippen LogP contribution in [0.1, 0.15) is 35.7 Å². The third-order valence-corrected chi connectivity index (χ3v) is 6.38. The molecule has 7 nitrogen and oxygen atoms in total. The molecule has 0 radical (unpaired) electrons. The summed E-state index contributed by atoms with van der Waals surface area (Å²) in [4.78, 5) is 37.5. The molecule has 1 saturated heterocycles. The first-order valence-electron chi connectivity index (χ1n) is 10.5. The number of hydroxylamine groups is 1. The highest BCUT2D eigenvalue weighted by atomic mass is 32.2. The molecule has 2 N–H and O–H groups in total. The van der Waals surface area contributed by atoms with Gasteiger partial charge in [0.15, 0.2) is 0 Å². The SMILES string of the molecule is CCSc1ncccc1C(=O)N1CCC2(C=C(C(=O)NCc3ccccc3)NO2)CC1. The number of carbonyl (C=O) groups is 2. The Bertz CT molecular complexity index is 972. The van der Waals surface area contributed by atoms with Crippen molar-refractivity contribution < 1.29 is 14.4 Å². The molecule has 1 aromatic heterocycles. The predicted octanol–water partition coefficient (Wildman–Crippen LogP) is 2.90. The van der Waals surface area contributed by atoms with Gasteiger partial charge in [0.1, 0.15) is 16.3 Å². The van der Waals surface area contributed by atoms with E-state index in [2.05, 4.69) is 15.8 Å². The van der Waals surface area contributed by atoms with Crippen molar-refractivity contribution in [3.63, 3.8) is 0 Å². The highest BCUT2D eigenvalue weighted by Crippen LogP contribution is 2.33. The zero-order valence-corrected chi connectivity index (χ0v) is 18.3. The Balaban J connectivity index is 1.35. The summed E-state index contributed by atoms with van der Waals surface area (Å²) in [5.74, 6) is 0.658. The lowest BCUT2D eigenvalue weighted by Crippen LogP contribution is -2.46. The first kappa shape index (κ1) is 21.4. The molecule has 2 aliphatic rings. The summed E-state index contributed by atoms with van der Waals surface area (Å²) in [5, 5.41) is 3.68. The molecular weight excluding hydrogens is 412 g/mol. The minimum atomic E-state index is -0.563. The van der Waals surface area contributed by atoms with Crippen LogP contribution in [0.25, 0.3) is 0 Å². The van der Waals surface area contributed by atoms with Crippen molar-refractivity contribution >= 4 is 23.6 Å². The van der Waals surface area contributed by atoms with E-state index < -0.39 is 5.60 Å². The Hall–Kier alpha value is -2.84. The Kier molecular flexibility index (Phi) is 6.58. The van der Waals surface area contributed by atoms with Crippen molar-refractivity contribution in [3.8, 4) is 0 Å². The van der Waals surface area contributed by atoms with E-state index in [1.54, 1.807) is 24.0 Å². The van der Waals surface area contributed by atoms with Crippen LogP contribution in [0.15, 0.2) is 65.5 Å². The number of thioether (sulfide) groups is 1. The lowest BCUT2D eigenvalue weighted by Gasteiger charge is -2.36. The molecule has 8 heteroatoms. The highest BCUT2D eigenvalue weighted by molar-refractivity contribution is 7.99. The van der Waals surface area contributed by atoms with E-state index in [9.17, 15) is 9.59 Å². The quantitative estimate of drug-likeness (QED) is 0.675. The first-order valence-corrected chi connectivity index (χ1v) is 11.4. The molecule has 0 atom stereocenters. The second-order valence-corrected chi connectivity index (χ2v) is 8.83. The number of hydrogen-bond donors (Lipinski definition) is 2. The van der Waals surface area contributed by atoms with Crippen molar-refractivity contribution in [1.82, 2.24) is 20.7 Å². The number of hydrogen-bond acceptors (Lipinski definition) is 6. The summed E-state index contributed by atoms with van der Waals surface area (Å²) >= 11 is 1.57. The summed E-state index contributed by atoms with van der Waals surface area (Å²) < 4.78 is 0. The summed E-state index contributed by atoms with van der Waals surface area (Å²) in [5.41, 5.74) is 4.33. The van der Waals surface area contributed by atoms with Gasteiger partial charge in [-0.15, -0.1) is 11.8 Å². The Morgan fingerprint density at radius 1 is 1.19 bits per heavy atom. The van der Waals surface area contributed by atoms with Crippen molar-refractivity contribution in [3.05, 3.63) is 71.6 Å². The summed E-state index contributed by atoms with van der Waals surface area (Å²) in [6.45, 7) is 3.61. The number of aromatic nitrogens is 1. The number of amides is 2. The van der Waals surface area contributed by atoms with Crippen LogP contribution in [0.3, 0.4) is 0 Å². The van der Waals surface area contributed by atoms with Crippen LogP contribution in [-0.4, -0.2) is 46.1 Å². The number of carbonyl (C=O) groups excluding carboxylic acids is 2. The zero-order valence-electron chi connectivity index (χ0n) is 17.5. The van der Waals surface area contributed by atoms with Gasteiger partial charge in [0.25, 0.3) is 11.8 Å². The minimum Gasteiger partial charge on any atom is -0.347 e. The average molecular weight is 439 g/mol. The topological polar surface area (TPSA) is 83.6 Å². The molecule has 3 heterocycles. The van der Waals surface area contributed by atoms with Crippen LogP contribution in [0.5, 0.6) is 0 Å². The molecule has 31 heavy (non-hydrogen) atoms. The van der Waals surface area contributed by atoms with Crippen LogP contribution in [-0.2, 0) is 16.2 Å². The second kappa shape index (κ2) is 9.53. The fourth-order valence-corrected chi connectivity index (χ4v) is 4.49. The van der Waals surface area contributed by atoms with E-state index in [0.29, 0.717) is 43.7 Å². The Labute approximate surface area is 186 Å². The van der Waals surface area contributed by atoms with E-state index in [1.807, 2.05) is 54.3 Å². The molecular formula is C23H26N4O3S. The lowest BCUT2D eigenvalue weighted by molar-refractivity contribution is -0.120. The van der Waals surface area contributed by atoms with Gasteiger partial charge in [-0.1, -0.05) is 37.3 Å². The summed E-state index contributed by atoms with van der Waals surface area (Å²) in [7, 11) is 0. The number of nitrogens with one attached hydrogen (secondary N) is 2. The number of nitrogens with zero attached hydrogens (tertiary/aromatic N) is 2. The van der Waals surface area contributed by atoms with Gasteiger partial charge < -0.3 is 10.2 Å². The van der Waals surface area contributed by atoms with Gasteiger partial charge in [-0.25, -0.2) is 4.98 Å². The van der Waals surface area contributed by atoms with Crippen LogP contribution >= 0.6 is 11.8 Å². The molecule has 2 aliphatic heterocycles. The van der Waals surface area contributed by atoms with E-state index in [4.69, 9.17) is 4.84 Å². The van der Waals surface area contributed by atoms with Crippen LogP contribution in [0, 0.1) is 0 Å². The highest BCUT2D eigenvalue weighted by Gasteiger charge is 2.41. The molecule has 162 valence electrons. The van der Waals surface area contributed by atoms with Gasteiger partial charge in [0.05, 0.1) is 5.56 Å². The average Bonchev–Trinajstić information content (AvgIpc) is 3.22. The third kappa shape index (κ3) is 4.91. The van der Waals surface area contributed by atoms with Crippen LogP contribution in [0.2, 0.25) is 0 Å². The summed E-state index contributed by atoms with van der Waals surface area (Å²) in [6.07, 6.45) is 4.82. The zero-order chi connectivity index (χ0) is 21.7. The first-order chi connectivity index (χ1) is 15.1. The monoisotopic (exact) mass is 438 g/mol. The maximum Gasteiger partial charge on any atom is 0.269 e. The van der Waals surface area contributed by atoms with Crippen molar-refractivity contribution in [2.75, 3.05) is 18.8 Å². The normalized spacial score (nSPS) is 17.2. The molecule has 2 amide bonds. The van der Waals surface area contributed by atoms with Crippen LogP contribution in [0.4, 0.5) is 0 Å². The molecule has 0 bridgehead atoms. The van der Waals surface area contributed by atoms with Gasteiger partial charge in [-0.05, 0) is 29.5 Å². The van der Waals surface area contributed by atoms with E-state index in [0.717, 1.165) is 16.3 Å². The van der Waals surface area contributed by atoms with E-state index in [1.165, 1.54) is 0 Å². The number of piperidine rings is 1. The smallest absolute Gasteiger partial charge is 0.269 e. The Morgan fingerprint density at radius 3 is 2.71 bits per heavy atom. The number of likely N-dealkylation sites (tertiary alicyclic amines) is 1. The molecule has 0 unspecified atom stereocenters. The minimum absolute atomic E-state index is 0.00494. The fraction of sp³-hybridized carbons (Fsp3) is 0.348. The molecule has 1 fully saturated rings. The van der Waals surface area contributed by atoms with Gasteiger partial charge in [-0.2, -0.15) is 0 Å². The molecule has 0 aliphatic carbocycles. The standard InChI is InChI=1S/C23H26N4O3S/c1-2-31-21-18(9-6-12-24-21)22(29)27-13-10-23(11-14-27)15-19(26-30-23)20(28)25-16-17-7-4-3-5-8-17/h3-9,12,15,26H,2,10-11,13-14,16H2,1H3,(H,25,28). The van der Waals surface area contributed by atoms with Gasteiger partial charge in [0, 0.05) is 38.7 Å². The van der Waals surface area contributed by atoms with Crippen molar-refractivity contribution in [2.24, 2.45) is 0 Å². The number of rotatable bonds is 6. The van der Waals surface area contributed by atoms with Gasteiger partial charge in [-0.3, -0.25) is 19.9 Å². The Morgan fingerprint density at radius 2 is 1.97 bits per heavy atom. The second-order valence-electron chi connectivity index (χ2n) is 7.58. The number of benzene rings is 1. The summed E-state index contributed by atoms with van der Waals surface area (Å²) in [6, 6.07) is 13.4. The van der Waals surface area contributed by atoms with Crippen LogP contribution < -0.4 is 10.8 Å². The predicted molar refractivity (Wildman–Crippen MR) is 119 cm³/mol. The molecule has 1 aromatic carbocycles. The molecule has 4 rings (SSSR count). The molecule has 0 saturated carbocycles. The fourth-order valence-electron chi connectivity index (χ4n) is 3.77. The van der Waals surface area contributed by atoms with Crippen molar-refractivity contribution in [1.29, 1.82) is 0 Å². The maximum absolute atomic E-state index is 13.0. The molecule has 2 aromatic rings.